The minimum Gasteiger partial charge on any atom is -0.315 e. The lowest BCUT2D eigenvalue weighted by Crippen LogP contribution is -2.23. The maximum atomic E-state index is 13.2. The van der Waals surface area contributed by atoms with Crippen molar-refractivity contribution in [2.75, 3.05) is 11.9 Å². The fourth-order valence-electron chi connectivity index (χ4n) is 3.50. The highest BCUT2D eigenvalue weighted by Gasteiger charge is 2.23. The summed E-state index contributed by atoms with van der Waals surface area (Å²) in [6.07, 6.45) is -0.242. The maximum absolute atomic E-state index is 13.2. The highest BCUT2D eigenvalue weighted by atomic mass is 32.1. The van der Waals surface area contributed by atoms with Crippen LogP contribution in [0.15, 0.2) is 42.5 Å². The van der Waals surface area contributed by atoms with Crippen LogP contribution in [0.5, 0.6) is 0 Å². The second-order valence-electron chi connectivity index (χ2n) is 7.16. The van der Waals surface area contributed by atoms with Crippen LogP contribution in [0.25, 0.3) is 16.9 Å². The third-order valence-corrected chi connectivity index (χ3v) is 6.17. The first-order valence-electron chi connectivity index (χ1n) is 10.4. The molecule has 0 N–H and O–H groups in total. The predicted molar refractivity (Wildman–Crippen MR) is 119 cm³/mol. The van der Waals surface area contributed by atoms with Gasteiger partial charge < -0.3 is 4.90 Å². The molecule has 1 amide bonds. The molecule has 7 heteroatoms. The standard InChI is InChI=1S/C23H22N4O2S/c1-13-9-10-20(30-13)22(29)21-15(3)25-27-19(11-12-24-23(21)27)17-7-6-8-18(14(17)2)26(5)16(4)28/h6-12H,1-5H3/i11D,12D. The SMILES string of the molecule is [2H]c1nc2c(C(=O)c3ccc(C)s3)c(C)nn2c(-c2cccc(N(C)C(C)=O)c2C)c1[2H]. The maximum Gasteiger partial charge on any atom is 0.223 e. The van der Waals surface area contributed by atoms with Gasteiger partial charge in [-0.1, -0.05) is 12.1 Å². The van der Waals surface area contributed by atoms with Gasteiger partial charge in [0.05, 0.1) is 24.6 Å². The normalized spacial score (nSPS) is 12.0. The van der Waals surface area contributed by atoms with Crippen molar-refractivity contribution in [3.8, 4) is 11.3 Å². The van der Waals surface area contributed by atoms with Gasteiger partial charge >= 0.3 is 0 Å². The number of hydrogen-bond donors (Lipinski definition) is 0. The van der Waals surface area contributed by atoms with Crippen LogP contribution in [0.4, 0.5) is 5.69 Å². The van der Waals surface area contributed by atoms with Gasteiger partial charge in [0, 0.05) is 36.3 Å². The minimum atomic E-state index is -0.242. The van der Waals surface area contributed by atoms with Gasteiger partial charge in [0.1, 0.15) is 0 Å². The van der Waals surface area contributed by atoms with E-state index < -0.39 is 0 Å². The largest absolute Gasteiger partial charge is 0.315 e. The zero-order valence-corrected chi connectivity index (χ0v) is 18.2. The van der Waals surface area contributed by atoms with E-state index in [1.807, 2.05) is 32.0 Å². The van der Waals surface area contributed by atoms with E-state index in [0.29, 0.717) is 33.1 Å². The molecule has 0 aliphatic heterocycles. The van der Waals surface area contributed by atoms with E-state index in [2.05, 4.69) is 10.1 Å². The molecular formula is C23H22N4O2S. The van der Waals surface area contributed by atoms with Crippen molar-refractivity contribution in [2.45, 2.75) is 27.7 Å². The number of benzene rings is 1. The third kappa shape index (κ3) is 3.21. The van der Waals surface area contributed by atoms with E-state index in [4.69, 9.17) is 2.74 Å². The van der Waals surface area contributed by atoms with Crippen LogP contribution in [0.3, 0.4) is 0 Å². The number of fused-ring (bicyclic) bond motifs is 1. The number of carbonyl (C=O) groups is 2. The molecule has 0 bridgehead atoms. The zero-order valence-electron chi connectivity index (χ0n) is 19.4. The Hall–Kier alpha value is -3.32. The molecule has 4 rings (SSSR count). The number of anilines is 1. The highest BCUT2D eigenvalue weighted by molar-refractivity contribution is 7.14. The van der Waals surface area contributed by atoms with Crippen LogP contribution in [0.2, 0.25) is 0 Å². The number of nitrogens with zero attached hydrogens (tertiary/aromatic N) is 4. The first-order valence-corrected chi connectivity index (χ1v) is 10.3. The lowest BCUT2D eigenvalue weighted by molar-refractivity contribution is -0.116. The molecule has 0 aliphatic rings. The summed E-state index contributed by atoms with van der Waals surface area (Å²) < 4.78 is 18.3. The van der Waals surface area contributed by atoms with Crippen molar-refractivity contribution in [1.82, 2.24) is 14.6 Å². The topological polar surface area (TPSA) is 67.6 Å². The van der Waals surface area contributed by atoms with Crippen molar-refractivity contribution in [3.63, 3.8) is 0 Å². The summed E-state index contributed by atoms with van der Waals surface area (Å²) in [7, 11) is 1.69. The number of carbonyl (C=O) groups excluding carboxylic acids is 2. The molecule has 0 saturated heterocycles. The molecule has 30 heavy (non-hydrogen) atoms. The van der Waals surface area contributed by atoms with E-state index >= 15 is 0 Å². The van der Waals surface area contributed by atoms with Gasteiger partial charge in [-0.3, -0.25) is 9.59 Å². The number of ketones is 1. The van der Waals surface area contributed by atoms with Gasteiger partial charge in [-0.05, 0) is 50.6 Å². The highest BCUT2D eigenvalue weighted by Crippen LogP contribution is 2.32. The molecule has 0 radical (unpaired) electrons. The molecule has 0 atom stereocenters. The van der Waals surface area contributed by atoms with E-state index in [1.54, 1.807) is 26.1 Å². The van der Waals surface area contributed by atoms with E-state index in [1.165, 1.54) is 27.7 Å². The predicted octanol–water partition coefficient (Wildman–Crippen LogP) is 4.60. The van der Waals surface area contributed by atoms with Gasteiger partial charge in [0.15, 0.2) is 5.65 Å². The third-order valence-electron chi connectivity index (χ3n) is 5.17. The Morgan fingerprint density at radius 2 is 1.93 bits per heavy atom. The molecule has 6 nitrogen and oxygen atoms in total. The Bertz CT molecular complexity index is 1410. The molecule has 152 valence electrons. The lowest BCUT2D eigenvalue weighted by atomic mass is 10.0. The van der Waals surface area contributed by atoms with Crippen molar-refractivity contribution in [2.24, 2.45) is 0 Å². The van der Waals surface area contributed by atoms with Crippen LogP contribution in [0.1, 0.15) is 41.0 Å². The van der Waals surface area contributed by atoms with Gasteiger partial charge in [-0.25, -0.2) is 9.50 Å². The molecule has 4 aromatic rings. The molecule has 0 spiro atoms. The summed E-state index contributed by atoms with van der Waals surface area (Å²) in [6, 6.07) is 9.00. The van der Waals surface area contributed by atoms with Crippen LogP contribution in [0, 0.1) is 20.8 Å². The second kappa shape index (κ2) is 7.50. The summed E-state index contributed by atoms with van der Waals surface area (Å²) in [5.74, 6) is -0.320. The van der Waals surface area contributed by atoms with E-state index in [0.717, 1.165) is 10.4 Å². The Kier molecular flexibility index (Phi) is 4.38. The van der Waals surface area contributed by atoms with Crippen LogP contribution in [-0.2, 0) is 4.79 Å². The summed E-state index contributed by atoms with van der Waals surface area (Å²) in [4.78, 5) is 32.6. The van der Waals surface area contributed by atoms with Crippen molar-refractivity contribution < 1.29 is 12.3 Å². The Balaban J connectivity index is 2.01. The number of amides is 1. The first-order chi connectivity index (χ1) is 15.1. The molecular weight excluding hydrogens is 396 g/mol. The summed E-state index contributed by atoms with van der Waals surface area (Å²) in [6.45, 7) is 7.00. The van der Waals surface area contributed by atoms with E-state index in [-0.39, 0.29) is 29.6 Å². The van der Waals surface area contributed by atoms with Crippen molar-refractivity contribution in [1.29, 1.82) is 0 Å². The smallest absolute Gasteiger partial charge is 0.223 e. The van der Waals surface area contributed by atoms with Gasteiger partial charge in [0.25, 0.3) is 0 Å². The number of aryl methyl sites for hydroxylation is 2. The summed E-state index contributed by atoms with van der Waals surface area (Å²) in [5, 5.41) is 4.55. The van der Waals surface area contributed by atoms with Crippen LogP contribution < -0.4 is 4.90 Å². The van der Waals surface area contributed by atoms with Gasteiger partial charge in [0.2, 0.25) is 11.7 Å². The quantitative estimate of drug-likeness (QED) is 0.453. The fourth-order valence-corrected chi connectivity index (χ4v) is 4.31. The fraction of sp³-hybridized carbons (Fsp3) is 0.217. The summed E-state index contributed by atoms with van der Waals surface area (Å²) in [5.41, 5.74) is 3.53. The second-order valence-corrected chi connectivity index (χ2v) is 8.45. The van der Waals surface area contributed by atoms with Crippen LogP contribution >= 0.6 is 11.3 Å². The summed E-state index contributed by atoms with van der Waals surface area (Å²) >= 11 is 1.39. The Labute approximate surface area is 181 Å². The molecule has 0 unspecified atom stereocenters. The molecule has 0 saturated carbocycles. The monoisotopic (exact) mass is 420 g/mol. The number of hydrogen-bond acceptors (Lipinski definition) is 5. The van der Waals surface area contributed by atoms with Gasteiger partial charge in [-0.15, -0.1) is 11.3 Å². The van der Waals surface area contributed by atoms with Gasteiger partial charge in [-0.2, -0.15) is 5.10 Å². The average molecular weight is 421 g/mol. The van der Waals surface area contributed by atoms with E-state index in [9.17, 15) is 9.59 Å². The number of rotatable bonds is 4. The molecule has 0 fully saturated rings. The first kappa shape index (κ1) is 17.5. The number of thiophene rings is 1. The van der Waals surface area contributed by atoms with Crippen molar-refractivity contribution >= 4 is 34.4 Å². The Morgan fingerprint density at radius 1 is 1.17 bits per heavy atom. The van der Waals surface area contributed by atoms with Crippen molar-refractivity contribution in [3.05, 3.63) is 69.1 Å². The molecule has 3 heterocycles. The molecule has 3 aromatic heterocycles. The zero-order chi connectivity index (χ0) is 23.3. The lowest BCUT2D eigenvalue weighted by Gasteiger charge is -2.20. The average Bonchev–Trinajstić information content (AvgIpc) is 3.31. The van der Waals surface area contributed by atoms with Crippen LogP contribution in [-0.4, -0.2) is 33.3 Å². The Morgan fingerprint density at radius 3 is 2.60 bits per heavy atom. The minimum absolute atomic E-state index is 0.100. The number of aromatic nitrogens is 3. The molecule has 0 aliphatic carbocycles. The molecule has 1 aromatic carbocycles.